The lowest BCUT2D eigenvalue weighted by molar-refractivity contribution is 0.513. The molecule has 2 rings (SSSR count). The number of imidazole rings is 1. The van der Waals surface area contributed by atoms with Crippen molar-refractivity contribution in [2.24, 2.45) is 0 Å². The lowest BCUT2D eigenvalue weighted by atomic mass is 10.2. The predicted molar refractivity (Wildman–Crippen MR) is 62.5 cm³/mol. The average molecular weight is 226 g/mol. The van der Waals surface area contributed by atoms with Crippen LogP contribution >= 0.6 is 0 Å². The molecule has 1 heterocycles. The molecule has 1 aliphatic rings. The van der Waals surface area contributed by atoms with Crippen LogP contribution in [0.4, 0.5) is 0 Å². The van der Waals surface area contributed by atoms with Gasteiger partial charge in [0.15, 0.2) is 0 Å². The molecule has 15 heavy (non-hydrogen) atoms. The molecule has 0 N–H and O–H groups in total. The molecule has 4 heteroatoms. The molecule has 84 valence electrons. The van der Waals surface area contributed by atoms with Crippen LogP contribution in [-0.2, 0) is 10.8 Å². The SMILES string of the molecule is CC(CCS(C)=O)n1cncc1C1CC1. The average Bonchev–Trinajstić information content (AvgIpc) is 2.93. The van der Waals surface area contributed by atoms with Gasteiger partial charge in [-0.05, 0) is 26.2 Å². The van der Waals surface area contributed by atoms with Crippen molar-refractivity contribution in [1.29, 1.82) is 0 Å². The summed E-state index contributed by atoms with van der Waals surface area (Å²) in [5.74, 6) is 1.52. The van der Waals surface area contributed by atoms with Crippen molar-refractivity contribution >= 4 is 10.8 Å². The molecule has 0 amide bonds. The number of rotatable bonds is 5. The second kappa shape index (κ2) is 4.47. The third-order valence-electron chi connectivity index (χ3n) is 2.99. The normalized spacial score (nSPS) is 20.1. The standard InChI is InChI=1S/C11H18N2OS/c1-9(5-6-15(2)14)13-8-12-7-11(13)10-3-4-10/h7-10H,3-6H2,1-2H3. The molecule has 0 bridgehead atoms. The molecule has 2 unspecified atom stereocenters. The Balaban J connectivity index is 2.00. The molecule has 1 saturated carbocycles. The number of hydrogen-bond donors (Lipinski definition) is 0. The Kier molecular flexibility index (Phi) is 3.24. The molecule has 2 atom stereocenters. The first-order chi connectivity index (χ1) is 7.18. The highest BCUT2D eigenvalue weighted by Crippen LogP contribution is 2.40. The van der Waals surface area contributed by atoms with Crippen molar-refractivity contribution in [3.05, 3.63) is 18.2 Å². The molecular formula is C11H18N2OS. The largest absolute Gasteiger partial charge is 0.332 e. The molecule has 0 saturated heterocycles. The molecule has 0 radical (unpaired) electrons. The Bertz CT molecular complexity index is 357. The number of aromatic nitrogens is 2. The van der Waals surface area contributed by atoms with Gasteiger partial charge in [0.05, 0.1) is 6.33 Å². The third-order valence-corrected chi connectivity index (χ3v) is 3.80. The Morgan fingerprint density at radius 1 is 1.67 bits per heavy atom. The zero-order chi connectivity index (χ0) is 10.8. The topological polar surface area (TPSA) is 34.9 Å². The molecule has 0 spiro atoms. The fraction of sp³-hybridized carbons (Fsp3) is 0.727. The van der Waals surface area contributed by atoms with Crippen LogP contribution in [0.15, 0.2) is 12.5 Å². The second-order valence-electron chi connectivity index (χ2n) is 4.42. The lowest BCUT2D eigenvalue weighted by Gasteiger charge is -2.15. The summed E-state index contributed by atoms with van der Waals surface area (Å²) in [5, 5.41) is 0. The van der Waals surface area contributed by atoms with Gasteiger partial charge in [-0.1, -0.05) is 0 Å². The lowest BCUT2D eigenvalue weighted by Crippen LogP contribution is -2.10. The minimum absolute atomic E-state index is 0.423. The molecule has 3 nitrogen and oxygen atoms in total. The Morgan fingerprint density at radius 2 is 2.40 bits per heavy atom. The van der Waals surface area contributed by atoms with Gasteiger partial charge < -0.3 is 4.57 Å². The second-order valence-corrected chi connectivity index (χ2v) is 5.97. The van der Waals surface area contributed by atoms with Gasteiger partial charge in [0, 0.05) is 46.7 Å². The summed E-state index contributed by atoms with van der Waals surface area (Å²) in [6.07, 6.45) is 9.24. The van der Waals surface area contributed by atoms with E-state index in [-0.39, 0.29) is 0 Å². The van der Waals surface area contributed by atoms with Crippen LogP contribution in [0.3, 0.4) is 0 Å². The van der Waals surface area contributed by atoms with E-state index in [1.807, 2.05) is 12.5 Å². The molecule has 1 aromatic heterocycles. The molecule has 0 aromatic carbocycles. The monoisotopic (exact) mass is 226 g/mol. The smallest absolute Gasteiger partial charge is 0.0950 e. The van der Waals surface area contributed by atoms with E-state index in [0.717, 1.165) is 18.1 Å². The molecule has 0 aliphatic heterocycles. The van der Waals surface area contributed by atoms with Gasteiger partial charge in [-0.2, -0.15) is 0 Å². The van der Waals surface area contributed by atoms with E-state index in [9.17, 15) is 4.21 Å². The van der Waals surface area contributed by atoms with E-state index in [0.29, 0.717) is 6.04 Å². The van der Waals surface area contributed by atoms with Gasteiger partial charge in [-0.3, -0.25) is 4.21 Å². The highest BCUT2D eigenvalue weighted by atomic mass is 32.2. The summed E-state index contributed by atoms with van der Waals surface area (Å²) >= 11 is 0. The summed E-state index contributed by atoms with van der Waals surface area (Å²) in [6, 6.07) is 0.423. The van der Waals surface area contributed by atoms with Crippen molar-refractivity contribution in [1.82, 2.24) is 9.55 Å². The molecule has 1 aromatic rings. The van der Waals surface area contributed by atoms with E-state index in [4.69, 9.17) is 0 Å². The van der Waals surface area contributed by atoms with E-state index in [1.165, 1.54) is 18.5 Å². The Morgan fingerprint density at radius 3 is 3.00 bits per heavy atom. The minimum Gasteiger partial charge on any atom is -0.332 e. The zero-order valence-electron chi connectivity index (χ0n) is 9.35. The van der Waals surface area contributed by atoms with Gasteiger partial charge in [0.2, 0.25) is 0 Å². The van der Waals surface area contributed by atoms with E-state index >= 15 is 0 Å². The van der Waals surface area contributed by atoms with E-state index in [2.05, 4.69) is 16.5 Å². The fourth-order valence-electron chi connectivity index (χ4n) is 1.85. The first-order valence-corrected chi connectivity index (χ1v) is 7.23. The van der Waals surface area contributed by atoms with Crippen LogP contribution in [0.2, 0.25) is 0 Å². The van der Waals surface area contributed by atoms with Crippen molar-refractivity contribution in [2.45, 2.75) is 38.1 Å². The van der Waals surface area contributed by atoms with E-state index < -0.39 is 10.8 Å². The van der Waals surface area contributed by atoms with Crippen LogP contribution < -0.4 is 0 Å². The molecule has 1 fully saturated rings. The first kappa shape index (κ1) is 10.9. The van der Waals surface area contributed by atoms with Gasteiger partial charge in [-0.15, -0.1) is 0 Å². The van der Waals surface area contributed by atoms with Crippen LogP contribution in [0.1, 0.15) is 43.8 Å². The maximum Gasteiger partial charge on any atom is 0.0950 e. The van der Waals surface area contributed by atoms with Crippen molar-refractivity contribution < 1.29 is 4.21 Å². The van der Waals surface area contributed by atoms with Gasteiger partial charge in [-0.25, -0.2) is 4.98 Å². The maximum absolute atomic E-state index is 11.0. The predicted octanol–water partition coefficient (Wildman–Crippen LogP) is 2.09. The summed E-state index contributed by atoms with van der Waals surface area (Å²) in [6.45, 7) is 2.18. The molecule has 1 aliphatic carbocycles. The van der Waals surface area contributed by atoms with Crippen LogP contribution in [0.5, 0.6) is 0 Å². The summed E-state index contributed by atoms with van der Waals surface area (Å²) in [4.78, 5) is 4.22. The summed E-state index contributed by atoms with van der Waals surface area (Å²) in [5.41, 5.74) is 1.37. The van der Waals surface area contributed by atoms with Crippen molar-refractivity contribution in [3.8, 4) is 0 Å². The fourth-order valence-corrected chi connectivity index (χ4v) is 2.53. The number of hydrogen-bond acceptors (Lipinski definition) is 2. The Hall–Kier alpha value is -0.640. The third kappa shape index (κ3) is 2.68. The minimum atomic E-state index is -0.683. The highest BCUT2D eigenvalue weighted by Gasteiger charge is 2.27. The summed E-state index contributed by atoms with van der Waals surface area (Å²) in [7, 11) is -0.683. The first-order valence-electron chi connectivity index (χ1n) is 5.50. The van der Waals surface area contributed by atoms with Crippen molar-refractivity contribution in [2.75, 3.05) is 12.0 Å². The number of nitrogens with zero attached hydrogens (tertiary/aromatic N) is 2. The van der Waals surface area contributed by atoms with Crippen LogP contribution in [0, 0.1) is 0 Å². The van der Waals surface area contributed by atoms with Gasteiger partial charge in [0.1, 0.15) is 0 Å². The van der Waals surface area contributed by atoms with Gasteiger partial charge >= 0.3 is 0 Å². The molecular weight excluding hydrogens is 208 g/mol. The van der Waals surface area contributed by atoms with Crippen molar-refractivity contribution in [3.63, 3.8) is 0 Å². The van der Waals surface area contributed by atoms with E-state index in [1.54, 1.807) is 6.26 Å². The van der Waals surface area contributed by atoms with Gasteiger partial charge in [0.25, 0.3) is 0 Å². The van der Waals surface area contributed by atoms with Crippen LogP contribution in [0.25, 0.3) is 0 Å². The zero-order valence-corrected chi connectivity index (χ0v) is 10.2. The highest BCUT2D eigenvalue weighted by molar-refractivity contribution is 7.84. The maximum atomic E-state index is 11.0. The van der Waals surface area contributed by atoms with Crippen LogP contribution in [-0.4, -0.2) is 25.8 Å². The Labute approximate surface area is 93.4 Å². The quantitative estimate of drug-likeness (QED) is 0.770. The summed E-state index contributed by atoms with van der Waals surface area (Å²) < 4.78 is 13.3.